The fourth-order valence-electron chi connectivity index (χ4n) is 2.10. The van der Waals surface area contributed by atoms with Crippen molar-refractivity contribution in [1.82, 2.24) is 0 Å². The van der Waals surface area contributed by atoms with E-state index in [9.17, 15) is 4.79 Å². The summed E-state index contributed by atoms with van der Waals surface area (Å²) in [5.74, 6) is -0.0307. The summed E-state index contributed by atoms with van der Waals surface area (Å²) in [5, 5.41) is 2.78. The first-order valence-electron chi connectivity index (χ1n) is 6.64. The SMILES string of the molecule is CC(=O)Nc1ccc(CCCc2ccccc2)cc1. The second kappa shape index (κ2) is 6.74. The predicted molar refractivity (Wildman–Crippen MR) is 79.2 cm³/mol. The van der Waals surface area contributed by atoms with Gasteiger partial charge >= 0.3 is 0 Å². The van der Waals surface area contributed by atoms with Crippen molar-refractivity contribution in [2.24, 2.45) is 0 Å². The minimum atomic E-state index is -0.0307. The maximum Gasteiger partial charge on any atom is 0.221 e. The molecule has 2 heteroatoms. The Kier molecular flexibility index (Phi) is 4.73. The number of hydrogen-bond donors (Lipinski definition) is 1. The smallest absolute Gasteiger partial charge is 0.221 e. The monoisotopic (exact) mass is 253 g/mol. The van der Waals surface area contributed by atoms with Crippen molar-refractivity contribution < 1.29 is 4.79 Å². The molecule has 0 heterocycles. The molecule has 0 saturated carbocycles. The maximum absolute atomic E-state index is 10.9. The average Bonchev–Trinajstić information content (AvgIpc) is 2.41. The van der Waals surface area contributed by atoms with Crippen LogP contribution in [-0.4, -0.2) is 5.91 Å². The third-order valence-corrected chi connectivity index (χ3v) is 3.05. The van der Waals surface area contributed by atoms with E-state index in [1.54, 1.807) is 0 Å². The van der Waals surface area contributed by atoms with E-state index in [0.717, 1.165) is 24.9 Å². The van der Waals surface area contributed by atoms with E-state index in [1.165, 1.54) is 18.1 Å². The number of nitrogens with one attached hydrogen (secondary N) is 1. The number of hydrogen-bond acceptors (Lipinski definition) is 1. The van der Waals surface area contributed by atoms with Gasteiger partial charge in [-0.3, -0.25) is 4.79 Å². The van der Waals surface area contributed by atoms with Crippen LogP contribution >= 0.6 is 0 Å². The van der Waals surface area contributed by atoms with Crippen molar-refractivity contribution in [2.75, 3.05) is 5.32 Å². The van der Waals surface area contributed by atoms with Gasteiger partial charge in [0, 0.05) is 12.6 Å². The summed E-state index contributed by atoms with van der Waals surface area (Å²) in [6.07, 6.45) is 3.31. The van der Waals surface area contributed by atoms with Gasteiger partial charge in [-0.05, 0) is 42.5 Å². The molecule has 2 aromatic carbocycles. The van der Waals surface area contributed by atoms with E-state index in [-0.39, 0.29) is 5.91 Å². The van der Waals surface area contributed by atoms with Gasteiger partial charge in [0.25, 0.3) is 0 Å². The summed E-state index contributed by atoms with van der Waals surface area (Å²) in [7, 11) is 0. The minimum Gasteiger partial charge on any atom is -0.326 e. The van der Waals surface area contributed by atoms with Crippen molar-refractivity contribution in [3.8, 4) is 0 Å². The lowest BCUT2D eigenvalue weighted by Crippen LogP contribution is -2.05. The highest BCUT2D eigenvalue weighted by Gasteiger charge is 1.97. The highest BCUT2D eigenvalue weighted by atomic mass is 16.1. The Morgan fingerprint density at radius 3 is 2.05 bits per heavy atom. The Morgan fingerprint density at radius 1 is 0.895 bits per heavy atom. The highest BCUT2D eigenvalue weighted by molar-refractivity contribution is 5.88. The van der Waals surface area contributed by atoms with Crippen LogP contribution in [0.5, 0.6) is 0 Å². The summed E-state index contributed by atoms with van der Waals surface area (Å²) in [6.45, 7) is 1.52. The molecule has 0 aliphatic heterocycles. The van der Waals surface area contributed by atoms with Crippen LogP contribution in [0.4, 0.5) is 5.69 Å². The van der Waals surface area contributed by atoms with Crippen molar-refractivity contribution in [3.63, 3.8) is 0 Å². The molecule has 1 amide bonds. The third kappa shape index (κ3) is 4.59. The summed E-state index contributed by atoms with van der Waals surface area (Å²) >= 11 is 0. The second-order valence-electron chi connectivity index (χ2n) is 4.72. The van der Waals surface area contributed by atoms with E-state index in [4.69, 9.17) is 0 Å². The van der Waals surface area contributed by atoms with Crippen LogP contribution in [0.15, 0.2) is 54.6 Å². The molecule has 0 spiro atoms. The van der Waals surface area contributed by atoms with Crippen LogP contribution in [0, 0.1) is 0 Å². The van der Waals surface area contributed by atoms with Crippen molar-refractivity contribution in [2.45, 2.75) is 26.2 Å². The van der Waals surface area contributed by atoms with Crippen LogP contribution in [0.1, 0.15) is 24.5 Å². The molecule has 2 aromatic rings. The van der Waals surface area contributed by atoms with Gasteiger partial charge < -0.3 is 5.32 Å². The zero-order valence-corrected chi connectivity index (χ0v) is 11.2. The van der Waals surface area contributed by atoms with Gasteiger partial charge in [0.05, 0.1) is 0 Å². The molecular weight excluding hydrogens is 234 g/mol. The van der Waals surface area contributed by atoms with Crippen LogP contribution < -0.4 is 5.32 Å². The fourth-order valence-corrected chi connectivity index (χ4v) is 2.10. The predicted octanol–water partition coefficient (Wildman–Crippen LogP) is 3.82. The number of benzene rings is 2. The molecule has 19 heavy (non-hydrogen) atoms. The lowest BCUT2D eigenvalue weighted by Gasteiger charge is -2.05. The molecule has 0 aromatic heterocycles. The van der Waals surface area contributed by atoms with Crippen molar-refractivity contribution in [1.29, 1.82) is 0 Å². The molecule has 2 nitrogen and oxygen atoms in total. The van der Waals surface area contributed by atoms with Crippen LogP contribution in [0.3, 0.4) is 0 Å². The molecule has 0 bridgehead atoms. The zero-order valence-electron chi connectivity index (χ0n) is 11.2. The third-order valence-electron chi connectivity index (χ3n) is 3.05. The van der Waals surface area contributed by atoms with E-state index >= 15 is 0 Å². The zero-order chi connectivity index (χ0) is 13.5. The molecule has 0 fully saturated rings. The summed E-state index contributed by atoms with van der Waals surface area (Å²) in [5.41, 5.74) is 3.56. The lowest BCUT2D eigenvalue weighted by molar-refractivity contribution is -0.114. The normalized spacial score (nSPS) is 10.2. The Labute approximate surface area is 114 Å². The molecule has 0 aliphatic carbocycles. The first-order valence-corrected chi connectivity index (χ1v) is 6.64. The van der Waals surface area contributed by atoms with Crippen LogP contribution in [0.2, 0.25) is 0 Å². The largest absolute Gasteiger partial charge is 0.326 e. The molecular formula is C17H19NO. The Morgan fingerprint density at radius 2 is 1.47 bits per heavy atom. The molecule has 0 unspecified atom stereocenters. The number of anilines is 1. The summed E-state index contributed by atoms with van der Waals surface area (Å²) in [4.78, 5) is 10.9. The summed E-state index contributed by atoms with van der Waals surface area (Å²) in [6, 6.07) is 18.6. The van der Waals surface area contributed by atoms with E-state index in [1.807, 2.05) is 18.2 Å². The number of amides is 1. The molecule has 0 radical (unpaired) electrons. The standard InChI is InChI=1S/C17H19NO/c1-14(19)18-17-12-10-16(11-13-17)9-5-8-15-6-3-2-4-7-15/h2-4,6-7,10-13H,5,8-9H2,1H3,(H,18,19). The van der Waals surface area contributed by atoms with Gasteiger partial charge in [0.15, 0.2) is 0 Å². The van der Waals surface area contributed by atoms with Crippen LogP contribution in [-0.2, 0) is 17.6 Å². The fraction of sp³-hybridized carbons (Fsp3) is 0.235. The van der Waals surface area contributed by atoms with Gasteiger partial charge in [-0.15, -0.1) is 0 Å². The van der Waals surface area contributed by atoms with Gasteiger partial charge in [-0.25, -0.2) is 0 Å². The first kappa shape index (κ1) is 13.3. The minimum absolute atomic E-state index is 0.0307. The van der Waals surface area contributed by atoms with E-state index in [2.05, 4.69) is 41.7 Å². The number of carbonyl (C=O) groups is 1. The quantitative estimate of drug-likeness (QED) is 0.862. The average molecular weight is 253 g/mol. The second-order valence-corrected chi connectivity index (χ2v) is 4.72. The maximum atomic E-state index is 10.9. The Balaban J connectivity index is 1.81. The molecule has 2 rings (SSSR count). The van der Waals surface area contributed by atoms with Gasteiger partial charge in [-0.1, -0.05) is 42.5 Å². The highest BCUT2D eigenvalue weighted by Crippen LogP contribution is 2.12. The number of aryl methyl sites for hydroxylation is 2. The lowest BCUT2D eigenvalue weighted by atomic mass is 10.0. The Bertz CT molecular complexity index is 517. The molecule has 1 N–H and O–H groups in total. The number of carbonyl (C=O) groups excluding carboxylic acids is 1. The van der Waals surface area contributed by atoms with E-state index in [0.29, 0.717) is 0 Å². The topological polar surface area (TPSA) is 29.1 Å². The van der Waals surface area contributed by atoms with Crippen molar-refractivity contribution in [3.05, 3.63) is 65.7 Å². The van der Waals surface area contributed by atoms with Crippen molar-refractivity contribution >= 4 is 11.6 Å². The molecule has 0 atom stereocenters. The van der Waals surface area contributed by atoms with Gasteiger partial charge in [0.1, 0.15) is 0 Å². The van der Waals surface area contributed by atoms with E-state index < -0.39 is 0 Å². The van der Waals surface area contributed by atoms with Gasteiger partial charge in [0.2, 0.25) is 5.91 Å². The first-order chi connectivity index (χ1) is 9.24. The molecule has 0 aliphatic rings. The number of rotatable bonds is 5. The Hall–Kier alpha value is -2.09. The molecule has 0 saturated heterocycles. The van der Waals surface area contributed by atoms with Crippen LogP contribution in [0.25, 0.3) is 0 Å². The molecule has 98 valence electrons. The summed E-state index contributed by atoms with van der Waals surface area (Å²) < 4.78 is 0. The van der Waals surface area contributed by atoms with Gasteiger partial charge in [-0.2, -0.15) is 0 Å².